The normalized spacial score (nSPS) is 10.5. The molecule has 0 saturated heterocycles. The third kappa shape index (κ3) is 5.01. The number of allylic oxidation sites excluding steroid dienone is 1. The van der Waals surface area contributed by atoms with E-state index in [2.05, 4.69) is 4.74 Å². The summed E-state index contributed by atoms with van der Waals surface area (Å²) < 4.78 is 9.35. The number of hydrogen-bond acceptors (Lipinski definition) is 6. The SMILES string of the molecule is COC(=O)c1ccc(/C=C/CCc2ccc(C=O)c(C(=O)OC)c2)cc1C=O. The molecule has 0 spiro atoms. The molecule has 6 nitrogen and oxygen atoms in total. The van der Waals surface area contributed by atoms with Crippen molar-refractivity contribution in [1.29, 1.82) is 0 Å². The van der Waals surface area contributed by atoms with Gasteiger partial charge in [-0.3, -0.25) is 9.59 Å². The van der Waals surface area contributed by atoms with Gasteiger partial charge in [-0.15, -0.1) is 0 Å². The van der Waals surface area contributed by atoms with E-state index in [1.165, 1.54) is 14.2 Å². The van der Waals surface area contributed by atoms with Crippen LogP contribution in [0.2, 0.25) is 0 Å². The molecule has 2 rings (SSSR count). The van der Waals surface area contributed by atoms with Gasteiger partial charge in [-0.1, -0.05) is 30.4 Å². The van der Waals surface area contributed by atoms with Gasteiger partial charge >= 0.3 is 11.9 Å². The van der Waals surface area contributed by atoms with Crippen molar-refractivity contribution in [3.63, 3.8) is 0 Å². The van der Waals surface area contributed by atoms with Crippen molar-refractivity contribution < 1.29 is 28.7 Å². The second kappa shape index (κ2) is 9.97. The number of carbonyl (C=O) groups excluding carboxylic acids is 4. The second-order valence-electron chi connectivity index (χ2n) is 5.93. The lowest BCUT2D eigenvalue weighted by Gasteiger charge is -2.06. The maximum atomic E-state index is 11.8. The lowest BCUT2D eigenvalue weighted by atomic mass is 10.0. The Balaban J connectivity index is 2.08. The fourth-order valence-corrected chi connectivity index (χ4v) is 2.70. The van der Waals surface area contributed by atoms with Gasteiger partial charge in [0.25, 0.3) is 0 Å². The van der Waals surface area contributed by atoms with E-state index in [0.717, 1.165) is 11.1 Å². The van der Waals surface area contributed by atoms with E-state index >= 15 is 0 Å². The van der Waals surface area contributed by atoms with Gasteiger partial charge in [0.15, 0.2) is 12.6 Å². The zero-order chi connectivity index (χ0) is 20.5. The molecule has 0 saturated carbocycles. The second-order valence-corrected chi connectivity index (χ2v) is 5.93. The number of rotatable bonds is 8. The van der Waals surface area contributed by atoms with Crippen LogP contribution in [0, 0.1) is 0 Å². The summed E-state index contributed by atoms with van der Waals surface area (Å²) in [6, 6.07) is 9.93. The van der Waals surface area contributed by atoms with Crippen LogP contribution in [-0.4, -0.2) is 38.7 Å². The fraction of sp³-hybridized carbons (Fsp3) is 0.182. The smallest absolute Gasteiger partial charge is 0.338 e. The molecule has 0 aliphatic carbocycles. The Morgan fingerprint density at radius 1 is 0.857 bits per heavy atom. The van der Waals surface area contributed by atoms with Crippen molar-refractivity contribution in [1.82, 2.24) is 0 Å². The minimum Gasteiger partial charge on any atom is -0.465 e. The van der Waals surface area contributed by atoms with Crippen LogP contribution >= 0.6 is 0 Å². The van der Waals surface area contributed by atoms with Gasteiger partial charge in [-0.2, -0.15) is 0 Å². The molecule has 0 fully saturated rings. The molecule has 0 N–H and O–H groups in total. The van der Waals surface area contributed by atoms with Gasteiger partial charge in [0, 0.05) is 11.1 Å². The highest BCUT2D eigenvalue weighted by atomic mass is 16.5. The number of ether oxygens (including phenoxy) is 2. The molecule has 0 aromatic heterocycles. The standard InChI is InChI=1S/C22H20O6/c1-27-21(25)19-10-8-15(11-18(19)14-24)5-3-4-6-16-7-9-17(13-23)20(12-16)22(26)28-2/h3,5,7-14H,4,6H2,1-2H3/b5-3+. The van der Waals surface area contributed by atoms with Crippen LogP contribution in [0.3, 0.4) is 0 Å². The molecule has 0 aliphatic rings. The largest absolute Gasteiger partial charge is 0.465 e. The van der Waals surface area contributed by atoms with Crippen LogP contribution < -0.4 is 0 Å². The molecule has 144 valence electrons. The van der Waals surface area contributed by atoms with E-state index in [-0.39, 0.29) is 16.7 Å². The lowest BCUT2D eigenvalue weighted by molar-refractivity contribution is 0.0590. The van der Waals surface area contributed by atoms with Crippen LogP contribution in [-0.2, 0) is 15.9 Å². The van der Waals surface area contributed by atoms with Gasteiger partial charge < -0.3 is 9.47 Å². The summed E-state index contributed by atoms with van der Waals surface area (Å²) in [5.41, 5.74) is 2.69. The maximum Gasteiger partial charge on any atom is 0.338 e. The molecule has 0 atom stereocenters. The third-order valence-corrected chi connectivity index (χ3v) is 4.17. The van der Waals surface area contributed by atoms with Crippen molar-refractivity contribution in [3.05, 3.63) is 75.9 Å². The number of carbonyl (C=O) groups is 4. The molecule has 0 aliphatic heterocycles. The number of benzene rings is 2. The van der Waals surface area contributed by atoms with Gasteiger partial charge in [0.05, 0.1) is 25.3 Å². The Hall–Kier alpha value is -3.54. The molecule has 0 amide bonds. The van der Waals surface area contributed by atoms with Gasteiger partial charge in [0.2, 0.25) is 0 Å². The third-order valence-electron chi connectivity index (χ3n) is 4.17. The predicted octanol–water partition coefficient (Wildman–Crippen LogP) is 3.53. The van der Waals surface area contributed by atoms with Crippen LogP contribution in [0.25, 0.3) is 6.08 Å². The van der Waals surface area contributed by atoms with E-state index in [9.17, 15) is 19.2 Å². The first-order chi connectivity index (χ1) is 13.5. The van der Waals surface area contributed by atoms with Crippen molar-refractivity contribution in [2.75, 3.05) is 14.2 Å². The monoisotopic (exact) mass is 380 g/mol. The number of methoxy groups -OCH3 is 2. The molecule has 0 unspecified atom stereocenters. The molecule has 0 bridgehead atoms. The van der Waals surface area contributed by atoms with Crippen molar-refractivity contribution in [3.8, 4) is 0 Å². The van der Waals surface area contributed by atoms with E-state index in [1.807, 2.05) is 12.2 Å². The summed E-state index contributed by atoms with van der Waals surface area (Å²) in [5.74, 6) is -1.11. The Labute approximate surface area is 162 Å². The van der Waals surface area contributed by atoms with Crippen LogP contribution in [0.1, 0.15) is 59.0 Å². The van der Waals surface area contributed by atoms with E-state index in [0.29, 0.717) is 31.0 Å². The first kappa shape index (κ1) is 20.8. The average Bonchev–Trinajstić information content (AvgIpc) is 2.75. The number of aldehydes is 2. The quantitative estimate of drug-likeness (QED) is 0.514. The highest BCUT2D eigenvalue weighted by molar-refractivity contribution is 5.99. The molecule has 2 aromatic carbocycles. The molecular formula is C22H20O6. The van der Waals surface area contributed by atoms with E-state index < -0.39 is 11.9 Å². The minimum absolute atomic E-state index is 0.222. The molecule has 0 radical (unpaired) electrons. The molecular weight excluding hydrogens is 360 g/mol. The fourth-order valence-electron chi connectivity index (χ4n) is 2.70. The zero-order valence-electron chi connectivity index (χ0n) is 15.6. The number of hydrogen-bond donors (Lipinski definition) is 0. The first-order valence-electron chi connectivity index (χ1n) is 8.54. The van der Waals surface area contributed by atoms with Crippen LogP contribution in [0.5, 0.6) is 0 Å². The van der Waals surface area contributed by atoms with Crippen molar-refractivity contribution in [2.45, 2.75) is 12.8 Å². The van der Waals surface area contributed by atoms with E-state index in [1.54, 1.807) is 36.4 Å². The van der Waals surface area contributed by atoms with Gasteiger partial charge in [-0.25, -0.2) is 9.59 Å². The molecule has 2 aromatic rings. The Kier molecular flexibility index (Phi) is 7.39. The Bertz CT molecular complexity index is 927. The molecule has 6 heteroatoms. The van der Waals surface area contributed by atoms with Gasteiger partial charge in [0.1, 0.15) is 0 Å². The summed E-state index contributed by atoms with van der Waals surface area (Å²) >= 11 is 0. The highest BCUT2D eigenvalue weighted by Crippen LogP contribution is 2.16. The van der Waals surface area contributed by atoms with Crippen molar-refractivity contribution in [2.24, 2.45) is 0 Å². The number of esters is 2. The summed E-state index contributed by atoms with van der Waals surface area (Å²) in [5, 5.41) is 0. The molecule has 0 heterocycles. The maximum absolute atomic E-state index is 11.8. The Morgan fingerprint density at radius 3 is 2.18 bits per heavy atom. The first-order valence-corrected chi connectivity index (χ1v) is 8.54. The summed E-state index contributed by atoms with van der Waals surface area (Å²) in [6.07, 6.45) is 6.34. The summed E-state index contributed by atoms with van der Waals surface area (Å²) in [7, 11) is 2.53. The summed E-state index contributed by atoms with van der Waals surface area (Å²) in [6.45, 7) is 0. The Morgan fingerprint density at radius 2 is 1.54 bits per heavy atom. The minimum atomic E-state index is -0.558. The topological polar surface area (TPSA) is 86.7 Å². The summed E-state index contributed by atoms with van der Waals surface area (Å²) in [4.78, 5) is 45.6. The van der Waals surface area contributed by atoms with Gasteiger partial charge in [-0.05, 0) is 42.2 Å². The van der Waals surface area contributed by atoms with Crippen molar-refractivity contribution >= 4 is 30.6 Å². The predicted molar refractivity (Wildman–Crippen MR) is 104 cm³/mol. The lowest BCUT2D eigenvalue weighted by Crippen LogP contribution is -2.06. The molecule has 28 heavy (non-hydrogen) atoms. The zero-order valence-corrected chi connectivity index (χ0v) is 15.6. The van der Waals surface area contributed by atoms with Crippen LogP contribution in [0.4, 0.5) is 0 Å². The number of aryl methyl sites for hydroxylation is 1. The van der Waals surface area contributed by atoms with Crippen LogP contribution in [0.15, 0.2) is 42.5 Å². The average molecular weight is 380 g/mol. The van der Waals surface area contributed by atoms with E-state index in [4.69, 9.17) is 4.74 Å². The highest BCUT2D eigenvalue weighted by Gasteiger charge is 2.12.